The lowest BCUT2D eigenvalue weighted by Gasteiger charge is -2.26. The smallest absolute Gasteiger partial charge is 0.0955 e. The van der Waals surface area contributed by atoms with Crippen molar-refractivity contribution < 1.29 is 14.2 Å². The molecule has 136 valence electrons. The zero-order chi connectivity index (χ0) is 17.2. The molecule has 0 spiro atoms. The second-order valence-electron chi connectivity index (χ2n) is 7.28. The van der Waals surface area contributed by atoms with Gasteiger partial charge in [-0.3, -0.25) is 0 Å². The zero-order valence-electron chi connectivity index (χ0n) is 16.2. The first-order valence-electron chi connectivity index (χ1n) is 9.40. The van der Waals surface area contributed by atoms with Crippen LogP contribution in [0.5, 0.6) is 0 Å². The standard InChI is InChI=1S/C20H38O3/c1-7-16(13-21-5)11-20(17-9-10-17)23-14-18(15(3)4)12-19(8-2)22-6/h15-16,18-19H,7-14H2,1-6H3. The summed E-state index contributed by atoms with van der Waals surface area (Å²) in [5.74, 6) is 3.00. The Morgan fingerprint density at radius 3 is 2.17 bits per heavy atom. The number of ether oxygens (including phenoxy) is 3. The molecule has 0 heterocycles. The maximum Gasteiger partial charge on any atom is 0.0955 e. The van der Waals surface area contributed by atoms with Gasteiger partial charge in [0.1, 0.15) is 0 Å². The lowest BCUT2D eigenvalue weighted by atomic mass is 9.90. The van der Waals surface area contributed by atoms with Gasteiger partial charge >= 0.3 is 0 Å². The second-order valence-corrected chi connectivity index (χ2v) is 7.28. The molecule has 0 radical (unpaired) electrons. The highest BCUT2D eigenvalue weighted by atomic mass is 16.5. The van der Waals surface area contributed by atoms with Gasteiger partial charge in [0.05, 0.1) is 18.5 Å². The van der Waals surface area contributed by atoms with Crippen molar-refractivity contribution in [2.24, 2.45) is 17.8 Å². The van der Waals surface area contributed by atoms with Crippen LogP contribution in [-0.2, 0) is 14.2 Å². The molecule has 3 heteroatoms. The number of hydrogen-bond acceptors (Lipinski definition) is 3. The first-order valence-corrected chi connectivity index (χ1v) is 9.40. The first kappa shape index (κ1) is 20.5. The number of allylic oxidation sites excluding steroid dienone is 2. The first-order chi connectivity index (χ1) is 11.0. The van der Waals surface area contributed by atoms with Gasteiger partial charge in [0.15, 0.2) is 0 Å². The van der Waals surface area contributed by atoms with E-state index in [-0.39, 0.29) is 0 Å². The molecule has 0 aromatic carbocycles. The molecule has 3 atom stereocenters. The van der Waals surface area contributed by atoms with E-state index in [1.807, 2.05) is 7.11 Å². The zero-order valence-corrected chi connectivity index (χ0v) is 16.2. The van der Waals surface area contributed by atoms with Crippen LogP contribution in [-0.4, -0.2) is 33.5 Å². The molecule has 0 saturated heterocycles. The van der Waals surface area contributed by atoms with Crippen LogP contribution in [0.3, 0.4) is 0 Å². The summed E-state index contributed by atoms with van der Waals surface area (Å²) < 4.78 is 17.2. The average Bonchev–Trinajstić information content (AvgIpc) is 3.37. The Morgan fingerprint density at radius 1 is 1.04 bits per heavy atom. The molecule has 1 saturated carbocycles. The lowest BCUT2D eigenvalue weighted by Crippen LogP contribution is -2.23. The van der Waals surface area contributed by atoms with Crippen molar-refractivity contribution in [2.45, 2.75) is 72.3 Å². The molecule has 1 aliphatic rings. The van der Waals surface area contributed by atoms with E-state index in [1.165, 1.54) is 24.2 Å². The Morgan fingerprint density at radius 2 is 1.74 bits per heavy atom. The van der Waals surface area contributed by atoms with Gasteiger partial charge in [0, 0.05) is 27.2 Å². The van der Waals surface area contributed by atoms with E-state index in [0.717, 1.165) is 38.9 Å². The number of hydrogen-bond donors (Lipinski definition) is 0. The van der Waals surface area contributed by atoms with E-state index in [2.05, 4.69) is 27.7 Å². The second kappa shape index (κ2) is 11.1. The number of methoxy groups -OCH3 is 2. The molecule has 0 aromatic rings. The van der Waals surface area contributed by atoms with Crippen LogP contribution in [0.4, 0.5) is 0 Å². The summed E-state index contributed by atoms with van der Waals surface area (Å²) in [5, 5.41) is 0. The summed E-state index contributed by atoms with van der Waals surface area (Å²) in [5.41, 5.74) is 1.53. The summed E-state index contributed by atoms with van der Waals surface area (Å²) in [6.07, 6.45) is 7.12. The molecule has 1 fully saturated rings. The van der Waals surface area contributed by atoms with Crippen molar-refractivity contribution >= 4 is 0 Å². The highest BCUT2D eigenvalue weighted by Gasteiger charge is 2.24. The van der Waals surface area contributed by atoms with Crippen molar-refractivity contribution in [3.63, 3.8) is 0 Å². The van der Waals surface area contributed by atoms with Crippen molar-refractivity contribution in [1.29, 1.82) is 0 Å². The highest BCUT2D eigenvalue weighted by molar-refractivity contribution is 5.21. The van der Waals surface area contributed by atoms with Gasteiger partial charge in [0.2, 0.25) is 0 Å². The van der Waals surface area contributed by atoms with Crippen LogP contribution in [0.1, 0.15) is 66.2 Å². The van der Waals surface area contributed by atoms with Gasteiger partial charge in [-0.15, -0.1) is 0 Å². The quantitative estimate of drug-likeness (QED) is 0.435. The monoisotopic (exact) mass is 326 g/mol. The van der Waals surface area contributed by atoms with E-state index in [1.54, 1.807) is 7.11 Å². The summed E-state index contributed by atoms with van der Waals surface area (Å²) in [6, 6.07) is 0. The van der Waals surface area contributed by atoms with Crippen LogP contribution in [0.25, 0.3) is 0 Å². The molecule has 0 N–H and O–H groups in total. The van der Waals surface area contributed by atoms with Crippen LogP contribution in [0.15, 0.2) is 11.3 Å². The molecule has 0 bridgehead atoms. The lowest BCUT2D eigenvalue weighted by molar-refractivity contribution is 0.0425. The molecule has 3 nitrogen and oxygen atoms in total. The topological polar surface area (TPSA) is 27.7 Å². The van der Waals surface area contributed by atoms with E-state index < -0.39 is 0 Å². The Bertz CT molecular complexity index is 339. The maximum absolute atomic E-state index is 6.33. The van der Waals surface area contributed by atoms with Gasteiger partial charge in [-0.2, -0.15) is 0 Å². The molecule has 1 rings (SSSR count). The average molecular weight is 327 g/mol. The molecular formula is C20H38O3. The minimum atomic E-state index is 0.347. The minimum absolute atomic E-state index is 0.347. The molecule has 23 heavy (non-hydrogen) atoms. The molecule has 0 amide bonds. The predicted molar refractivity (Wildman–Crippen MR) is 96.5 cm³/mol. The fraction of sp³-hybridized carbons (Fsp3) is 0.900. The van der Waals surface area contributed by atoms with Crippen LogP contribution >= 0.6 is 0 Å². The fourth-order valence-corrected chi connectivity index (χ4v) is 2.97. The van der Waals surface area contributed by atoms with E-state index in [9.17, 15) is 0 Å². The molecule has 0 aromatic heterocycles. The number of rotatable bonds is 13. The fourth-order valence-electron chi connectivity index (χ4n) is 2.97. The van der Waals surface area contributed by atoms with Crippen LogP contribution in [0.2, 0.25) is 0 Å². The minimum Gasteiger partial charge on any atom is -0.498 e. The maximum atomic E-state index is 6.33. The molecule has 3 unspecified atom stereocenters. The van der Waals surface area contributed by atoms with Gasteiger partial charge in [-0.05, 0) is 49.0 Å². The van der Waals surface area contributed by atoms with Crippen molar-refractivity contribution in [3.05, 3.63) is 11.3 Å². The van der Waals surface area contributed by atoms with E-state index >= 15 is 0 Å². The molecular weight excluding hydrogens is 288 g/mol. The Balaban J connectivity index is 2.57. The predicted octanol–water partition coefficient (Wildman–Crippen LogP) is 5.20. The van der Waals surface area contributed by atoms with Gasteiger partial charge in [-0.25, -0.2) is 0 Å². The summed E-state index contributed by atoms with van der Waals surface area (Å²) in [6.45, 7) is 10.7. The SMILES string of the molecule is CCC(COC)CC(OCC(CC(CC)OC)C(C)C)=C1CC1. The van der Waals surface area contributed by atoms with Crippen LogP contribution < -0.4 is 0 Å². The van der Waals surface area contributed by atoms with Gasteiger partial charge < -0.3 is 14.2 Å². The third-order valence-electron chi connectivity index (χ3n) is 5.12. The Hall–Kier alpha value is -0.540. The summed E-state index contributed by atoms with van der Waals surface area (Å²) in [4.78, 5) is 0. The van der Waals surface area contributed by atoms with E-state index in [0.29, 0.717) is 23.9 Å². The largest absolute Gasteiger partial charge is 0.498 e. The van der Waals surface area contributed by atoms with Gasteiger partial charge in [0.25, 0.3) is 0 Å². The molecule has 1 aliphatic carbocycles. The third kappa shape index (κ3) is 7.71. The van der Waals surface area contributed by atoms with Crippen LogP contribution in [0, 0.1) is 17.8 Å². The normalized spacial score (nSPS) is 18.0. The summed E-state index contributed by atoms with van der Waals surface area (Å²) in [7, 11) is 3.61. The van der Waals surface area contributed by atoms with Gasteiger partial charge in [-0.1, -0.05) is 34.1 Å². The Kier molecular flexibility index (Phi) is 9.89. The third-order valence-corrected chi connectivity index (χ3v) is 5.12. The van der Waals surface area contributed by atoms with E-state index in [4.69, 9.17) is 14.2 Å². The summed E-state index contributed by atoms with van der Waals surface area (Å²) >= 11 is 0. The highest BCUT2D eigenvalue weighted by Crippen LogP contribution is 2.36. The Labute approximate surface area is 143 Å². The van der Waals surface area contributed by atoms with Crippen molar-refractivity contribution in [1.82, 2.24) is 0 Å². The molecule has 0 aliphatic heterocycles. The van der Waals surface area contributed by atoms with Crippen molar-refractivity contribution in [3.8, 4) is 0 Å². The van der Waals surface area contributed by atoms with Crippen molar-refractivity contribution in [2.75, 3.05) is 27.4 Å².